The lowest BCUT2D eigenvalue weighted by Gasteiger charge is -2.09. The summed E-state index contributed by atoms with van der Waals surface area (Å²) in [7, 11) is 0. The van der Waals surface area contributed by atoms with Gasteiger partial charge in [-0.05, 0) is 12.1 Å². The predicted molar refractivity (Wildman–Crippen MR) is 58.7 cm³/mol. The van der Waals surface area contributed by atoms with Gasteiger partial charge in [-0.2, -0.15) is 0 Å². The quantitative estimate of drug-likeness (QED) is 0.847. The average molecular weight is 307 g/mol. The van der Waals surface area contributed by atoms with Crippen molar-refractivity contribution in [1.82, 2.24) is 8.58 Å². The fraction of sp³-hybridized carbons (Fsp3) is 0.100. The first-order valence-corrected chi connectivity index (χ1v) is 5.22. The zero-order valence-corrected chi connectivity index (χ0v) is 9.86. The van der Waals surface area contributed by atoms with Crippen molar-refractivity contribution < 1.29 is 17.9 Å². The largest absolute Gasteiger partial charge is 0.573 e. The third-order valence-corrected chi connectivity index (χ3v) is 2.49. The molecule has 0 atom stereocenters. The minimum absolute atomic E-state index is 0.273. The Hall–Kier alpha value is -1.50. The third kappa shape index (κ3) is 3.00. The number of imidazole rings is 1. The van der Waals surface area contributed by atoms with Crippen LogP contribution in [0.1, 0.15) is 0 Å². The van der Waals surface area contributed by atoms with Crippen molar-refractivity contribution >= 4 is 16.1 Å². The molecule has 2 rings (SSSR count). The molecule has 1 aromatic heterocycles. The molecule has 7 heteroatoms. The van der Waals surface area contributed by atoms with Crippen molar-refractivity contribution in [2.45, 2.75) is 6.36 Å². The summed E-state index contributed by atoms with van der Waals surface area (Å²) >= 11 is 3.18. The number of benzene rings is 1. The highest BCUT2D eigenvalue weighted by molar-refractivity contribution is 9.08. The fourth-order valence-corrected chi connectivity index (χ4v) is 1.72. The lowest BCUT2D eigenvalue weighted by atomic mass is 10.2. The van der Waals surface area contributed by atoms with Gasteiger partial charge in [-0.15, -0.1) is 13.2 Å². The molecule has 2 aromatic rings. The highest BCUT2D eigenvalue weighted by Crippen LogP contribution is 2.27. The number of nitrogens with zero attached hydrogens (tertiary/aromatic N) is 2. The summed E-state index contributed by atoms with van der Waals surface area (Å²) in [6.07, 6.45) is -1.53. The molecule has 0 bridgehead atoms. The molecule has 0 amide bonds. The second-order valence-electron chi connectivity index (χ2n) is 3.14. The molecule has 17 heavy (non-hydrogen) atoms. The van der Waals surface area contributed by atoms with Gasteiger partial charge in [0.2, 0.25) is 0 Å². The SMILES string of the molecule is FC(F)(F)Oc1cccc(-c2nccn2Br)c1. The van der Waals surface area contributed by atoms with E-state index in [1.807, 2.05) is 0 Å². The van der Waals surface area contributed by atoms with Crippen LogP contribution in [0, 0.1) is 0 Å². The number of hydrogen-bond donors (Lipinski definition) is 0. The van der Waals surface area contributed by atoms with Gasteiger partial charge in [0.05, 0.1) is 16.1 Å². The minimum Gasteiger partial charge on any atom is -0.406 e. The molecular formula is C10H6BrF3N2O. The summed E-state index contributed by atoms with van der Waals surface area (Å²) in [4.78, 5) is 4.00. The highest BCUT2D eigenvalue weighted by Gasteiger charge is 2.31. The van der Waals surface area contributed by atoms with Crippen molar-refractivity contribution in [3.63, 3.8) is 0 Å². The van der Waals surface area contributed by atoms with Gasteiger partial charge in [0.15, 0.2) is 0 Å². The molecule has 0 fully saturated rings. The van der Waals surface area contributed by atoms with Crippen LogP contribution in [0.25, 0.3) is 11.4 Å². The van der Waals surface area contributed by atoms with Crippen LogP contribution in [-0.2, 0) is 0 Å². The summed E-state index contributed by atoms with van der Waals surface area (Å²) in [6.45, 7) is 0. The van der Waals surface area contributed by atoms with E-state index in [4.69, 9.17) is 0 Å². The predicted octanol–water partition coefficient (Wildman–Crippen LogP) is 3.61. The third-order valence-electron chi connectivity index (χ3n) is 1.92. The molecule has 0 spiro atoms. The van der Waals surface area contributed by atoms with Gasteiger partial charge in [0.25, 0.3) is 0 Å². The smallest absolute Gasteiger partial charge is 0.406 e. The van der Waals surface area contributed by atoms with Crippen LogP contribution >= 0.6 is 16.1 Å². The molecule has 0 aliphatic rings. The van der Waals surface area contributed by atoms with Crippen LogP contribution in [0.15, 0.2) is 36.7 Å². The van der Waals surface area contributed by atoms with Crippen LogP contribution in [0.4, 0.5) is 13.2 Å². The summed E-state index contributed by atoms with van der Waals surface area (Å²) in [6, 6.07) is 5.62. The first kappa shape index (κ1) is 12.0. The summed E-state index contributed by atoms with van der Waals surface area (Å²) in [5.74, 6) is 0.225. The van der Waals surface area contributed by atoms with Gasteiger partial charge in [-0.1, -0.05) is 12.1 Å². The number of rotatable bonds is 2. The maximum atomic E-state index is 12.0. The summed E-state index contributed by atoms with van der Waals surface area (Å²) in [5.41, 5.74) is 0.522. The van der Waals surface area contributed by atoms with E-state index in [0.29, 0.717) is 11.4 Å². The van der Waals surface area contributed by atoms with Gasteiger partial charge < -0.3 is 4.74 Å². The van der Waals surface area contributed by atoms with Crippen LogP contribution in [-0.4, -0.2) is 14.9 Å². The Morgan fingerprint density at radius 2 is 2.06 bits per heavy atom. The molecule has 1 heterocycles. The van der Waals surface area contributed by atoms with Crippen LogP contribution in [0.3, 0.4) is 0 Å². The van der Waals surface area contributed by atoms with E-state index in [0.717, 1.165) is 0 Å². The van der Waals surface area contributed by atoms with Crippen molar-refractivity contribution in [3.8, 4) is 17.1 Å². The fourth-order valence-electron chi connectivity index (χ4n) is 1.32. The van der Waals surface area contributed by atoms with E-state index in [9.17, 15) is 13.2 Å². The molecule has 1 aromatic carbocycles. The van der Waals surface area contributed by atoms with Gasteiger partial charge in [-0.25, -0.2) is 4.98 Å². The van der Waals surface area contributed by atoms with E-state index in [1.54, 1.807) is 12.3 Å². The Balaban J connectivity index is 2.32. The lowest BCUT2D eigenvalue weighted by Crippen LogP contribution is -2.17. The number of aromatic nitrogens is 2. The molecule has 0 N–H and O–H groups in total. The molecule has 0 saturated heterocycles. The molecule has 3 nitrogen and oxygen atoms in total. The van der Waals surface area contributed by atoms with Crippen LogP contribution in [0.2, 0.25) is 0 Å². The molecule has 0 radical (unpaired) electrons. The van der Waals surface area contributed by atoms with Gasteiger partial charge in [-0.3, -0.25) is 3.59 Å². The molecule has 0 aliphatic heterocycles. The zero-order chi connectivity index (χ0) is 12.5. The topological polar surface area (TPSA) is 27.1 Å². The molecule has 90 valence electrons. The number of halogens is 4. The van der Waals surface area contributed by atoms with E-state index in [-0.39, 0.29) is 5.75 Å². The van der Waals surface area contributed by atoms with Gasteiger partial charge in [0.1, 0.15) is 11.6 Å². The normalized spacial score (nSPS) is 11.5. The lowest BCUT2D eigenvalue weighted by molar-refractivity contribution is -0.274. The zero-order valence-electron chi connectivity index (χ0n) is 8.28. The Morgan fingerprint density at radius 3 is 2.65 bits per heavy atom. The van der Waals surface area contributed by atoms with Gasteiger partial charge in [0, 0.05) is 18.0 Å². The van der Waals surface area contributed by atoms with Gasteiger partial charge >= 0.3 is 6.36 Å². The van der Waals surface area contributed by atoms with Crippen molar-refractivity contribution in [1.29, 1.82) is 0 Å². The molecule has 0 unspecified atom stereocenters. The maximum absolute atomic E-state index is 12.0. The van der Waals surface area contributed by atoms with Crippen molar-refractivity contribution in [3.05, 3.63) is 36.7 Å². The standard InChI is InChI=1S/C10H6BrF3N2O/c11-16-5-4-15-9(16)7-2-1-3-8(6-7)17-10(12,13)14/h1-6H. The van der Waals surface area contributed by atoms with Crippen LogP contribution in [0.5, 0.6) is 5.75 Å². The van der Waals surface area contributed by atoms with E-state index >= 15 is 0 Å². The van der Waals surface area contributed by atoms with E-state index in [1.165, 1.54) is 28.0 Å². The number of alkyl halides is 3. The van der Waals surface area contributed by atoms with Crippen molar-refractivity contribution in [2.75, 3.05) is 0 Å². The minimum atomic E-state index is -4.69. The first-order valence-electron chi connectivity index (χ1n) is 4.51. The molecule has 0 aliphatic carbocycles. The second kappa shape index (κ2) is 4.40. The molecular weight excluding hydrogens is 301 g/mol. The van der Waals surface area contributed by atoms with E-state index in [2.05, 4.69) is 25.9 Å². The van der Waals surface area contributed by atoms with E-state index < -0.39 is 6.36 Å². The Bertz CT molecular complexity index is 524. The Morgan fingerprint density at radius 1 is 1.29 bits per heavy atom. The Labute approximate surface area is 103 Å². The number of ether oxygens (including phenoxy) is 1. The summed E-state index contributed by atoms with van der Waals surface area (Å²) in [5, 5.41) is 0. The second-order valence-corrected chi connectivity index (χ2v) is 3.90. The monoisotopic (exact) mass is 306 g/mol. The maximum Gasteiger partial charge on any atom is 0.573 e. The van der Waals surface area contributed by atoms with Crippen molar-refractivity contribution in [2.24, 2.45) is 0 Å². The van der Waals surface area contributed by atoms with Crippen LogP contribution < -0.4 is 4.74 Å². The Kier molecular flexibility index (Phi) is 3.10. The number of hydrogen-bond acceptors (Lipinski definition) is 2. The first-order chi connectivity index (χ1) is 7.96. The highest BCUT2D eigenvalue weighted by atomic mass is 79.9. The molecule has 0 saturated carbocycles. The average Bonchev–Trinajstić information content (AvgIpc) is 2.62. The summed E-state index contributed by atoms with van der Waals surface area (Å²) < 4.78 is 41.5.